The van der Waals surface area contributed by atoms with Gasteiger partial charge in [0.05, 0.1) is 11.7 Å². The summed E-state index contributed by atoms with van der Waals surface area (Å²) in [7, 11) is 0. The lowest BCUT2D eigenvalue weighted by atomic mass is 9.84. The first-order chi connectivity index (χ1) is 8.09. The molecule has 0 saturated heterocycles. The van der Waals surface area contributed by atoms with Gasteiger partial charge >= 0.3 is 0 Å². The summed E-state index contributed by atoms with van der Waals surface area (Å²) >= 11 is 0. The molecule has 17 heavy (non-hydrogen) atoms. The summed E-state index contributed by atoms with van der Waals surface area (Å²) < 4.78 is 0. The SMILES string of the molecule is CCC(O)(CC)CC1Cc2ccccc2C1O. The predicted molar refractivity (Wildman–Crippen MR) is 68.7 cm³/mol. The van der Waals surface area contributed by atoms with Crippen molar-refractivity contribution in [2.75, 3.05) is 0 Å². The standard InChI is InChI=1S/C15H22O2/c1-3-15(17,4-2)10-12-9-11-7-5-6-8-13(11)14(12)16/h5-8,12,14,16-17H,3-4,9-10H2,1-2H3. The lowest BCUT2D eigenvalue weighted by Crippen LogP contribution is -2.31. The fourth-order valence-electron chi connectivity index (χ4n) is 2.87. The molecule has 0 heterocycles. The molecule has 2 rings (SSSR count). The monoisotopic (exact) mass is 234 g/mol. The van der Waals surface area contributed by atoms with Crippen LogP contribution in [0.5, 0.6) is 0 Å². The molecule has 0 spiro atoms. The quantitative estimate of drug-likeness (QED) is 0.841. The van der Waals surface area contributed by atoms with Gasteiger partial charge in [-0.25, -0.2) is 0 Å². The van der Waals surface area contributed by atoms with Crippen LogP contribution >= 0.6 is 0 Å². The Morgan fingerprint density at radius 2 is 1.88 bits per heavy atom. The minimum absolute atomic E-state index is 0.164. The third-order valence-electron chi connectivity index (χ3n) is 4.26. The zero-order chi connectivity index (χ0) is 12.5. The van der Waals surface area contributed by atoms with Crippen LogP contribution in [-0.4, -0.2) is 15.8 Å². The molecular weight excluding hydrogens is 212 g/mol. The molecule has 2 nitrogen and oxygen atoms in total. The van der Waals surface area contributed by atoms with Crippen LogP contribution in [-0.2, 0) is 6.42 Å². The van der Waals surface area contributed by atoms with Crippen LogP contribution in [0, 0.1) is 5.92 Å². The molecule has 0 radical (unpaired) electrons. The van der Waals surface area contributed by atoms with Crippen molar-refractivity contribution in [3.63, 3.8) is 0 Å². The zero-order valence-electron chi connectivity index (χ0n) is 10.7. The molecule has 0 amide bonds. The first-order valence-electron chi connectivity index (χ1n) is 6.58. The number of hydrogen-bond acceptors (Lipinski definition) is 2. The van der Waals surface area contributed by atoms with E-state index in [9.17, 15) is 10.2 Å². The lowest BCUT2D eigenvalue weighted by molar-refractivity contribution is -0.0143. The van der Waals surface area contributed by atoms with Gasteiger partial charge in [0.1, 0.15) is 0 Å². The number of aliphatic hydroxyl groups is 2. The Morgan fingerprint density at radius 3 is 2.47 bits per heavy atom. The molecule has 2 heteroatoms. The third kappa shape index (κ3) is 2.38. The van der Waals surface area contributed by atoms with Crippen molar-refractivity contribution in [3.05, 3.63) is 35.4 Å². The van der Waals surface area contributed by atoms with Crippen molar-refractivity contribution < 1.29 is 10.2 Å². The second-order valence-electron chi connectivity index (χ2n) is 5.24. The van der Waals surface area contributed by atoms with E-state index in [1.165, 1.54) is 5.56 Å². The van der Waals surface area contributed by atoms with Crippen molar-refractivity contribution >= 4 is 0 Å². The van der Waals surface area contributed by atoms with Gasteiger partial charge in [-0.3, -0.25) is 0 Å². The van der Waals surface area contributed by atoms with E-state index in [1.54, 1.807) is 0 Å². The van der Waals surface area contributed by atoms with E-state index in [4.69, 9.17) is 0 Å². The van der Waals surface area contributed by atoms with E-state index in [0.717, 1.165) is 24.8 Å². The second kappa shape index (κ2) is 4.79. The number of benzene rings is 1. The predicted octanol–water partition coefficient (Wildman–Crippen LogP) is 2.83. The van der Waals surface area contributed by atoms with Crippen LogP contribution in [0.1, 0.15) is 50.3 Å². The topological polar surface area (TPSA) is 40.5 Å². The smallest absolute Gasteiger partial charge is 0.0825 e. The molecule has 0 aliphatic heterocycles. The minimum Gasteiger partial charge on any atom is -0.390 e. The summed E-state index contributed by atoms with van der Waals surface area (Å²) in [6.45, 7) is 4.02. The van der Waals surface area contributed by atoms with Gasteiger partial charge in [0.2, 0.25) is 0 Å². The molecule has 2 N–H and O–H groups in total. The van der Waals surface area contributed by atoms with Crippen molar-refractivity contribution in [1.29, 1.82) is 0 Å². The molecule has 2 unspecified atom stereocenters. The van der Waals surface area contributed by atoms with Crippen molar-refractivity contribution in [2.45, 2.75) is 51.2 Å². The van der Waals surface area contributed by atoms with E-state index in [0.29, 0.717) is 6.42 Å². The van der Waals surface area contributed by atoms with Gasteiger partial charge in [0, 0.05) is 0 Å². The Bertz CT molecular complexity index is 382. The second-order valence-corrected chi connectivity index (χ2v) is 5.24. The van der Waals surface area contributed by atoms with Crippen LogP contribution < -0.4 is 0 Å². The largest absolute Gasteiger partial charge is 0.390 e. The zero-order valence-corrected chi connectivity index (χ0v) is 10.7. The maximum atomic E-state index is 10.4. The van der Waals surface area contributed by atoms with Crippen LogP contribution in [0.4, 0.5) is 0 Å². The van der Waals surface area contributed by atoms with Crippen molar-refractivity contribution in [2.24, 2.45) is 5.92 Å². The van der Waals surface area contributed by atoms with E-state index >= 15 is 0 Å². The molecule has 1 aliphatic carbocycles. The molecule has 0 fully saturated rings. The molecule has 2 atom stereocenters. The summed E-state index contributed by atoms with van der Waals surface area (Å²) in [5.41, 5.74) is 1.67. The van der Waals surface area contributed by atoms with Crippen LogP contribution in [0.2, 0.25) is 0 Å². The Kier molecular flexibility index (Phi) is 3.55. The average Bonchev–Trinajstić information content (AvgIpc) is 2.67. The highest BCUT2D eigenvalue weighted by Gasteiger charge is 2.36. The molecule has 94 valence electrons. The highest BCUT2D eigenvalue weighted by Crippen LogP contribution is 2.41. The van der Waals surface area contributed by atoms with Crippen LogP contribution in [0.15, 0.2) is 24.3 Å². The van der Waals surface area contributed by atoms with Gasteiger partial charge in [-0.1, -0.05) is 38.1 Å². The maximum absolute atomic E-state index is 10.4. The lowest BCUT2D eigenvalue weighted by Gasteiger charge is -2.29. The molecule has 0 bridgehead atoms. The van der Waals surface area contributed by atoms with Crippen LogP contribution in [0.3, 0.4) is 0 Å². The molecule has 0 saturated carbocycles. The van der Waals surface area contributed by atoms with E-state index in [2.05, 4.69) is 6.07 Å². The number of rotatable bonds is 4. The Morgan fingerprint density at radius 1 is 1.24 bits per heavy atom. The van der Waals surface area contributed by atoms with Gasteiger partial charge in [-0.05, 0) is 42.7 Å². The summed E-state index contributed by atoms with van der Waals surface area (Å²) in [5.74, 6) is 0.164. The van der Waals surface area contributed by atoms with Gasteiger partial charge in [-0.15, -0.1) is 0 Å². The summed E-state index contributed by atoms with van der Waals surface area (Å²) in [6, 6.07) is 8.06. The maximum Gasteiger partial charge on any atom is 0.0825 e. The molecular formula is C15H22O2. The number of fused-ring (bicyclic) bond motifs is 1. The Labute approximate surface area is 103 Å². The van der Waals surface area contributed by atoms with Gasteiger partial charge in [0.25, 0.3) is 0 Å². The van der Waals surface area contributed by atoms with E-state index < -0.39 is 11.7 Å². The van der Waals surface area contributed by atoms with Gasteiger partial charge in [-0.2, -0.15) is 0 Å². The van der Waals surface area contributed by atoms with E-state index in [-0.39, 0.29) is 5.92 Å². The van der Waals surface area contributed by atoms with Crippen LogP contribution in [0.25, 0.3) is 0 Å². The highest BCUT2D eigenvalue weighted by atomic mass is 16.3. The number of hydrogen-bond donors (Lipinski definition) is 2. The first kappa shape index (κ1) is 12.6. The number of aliphatic hydroxyl groups excluding tert-OH is 1. The average molecular weight is 234 g/mol. The minimum atomic E-state index is -0.617. The fourth-order valence-corrected chi connectivity index (χ4v) is 2.87. The van der Waals surface area contributed by atoms with Crippen molar-refractivity contribution in [3.8, 4) is 0 Å². The molecule has 1 aliphatic rings. The van der Waals surface area contributed by atoms with Gasteiger partial charge in [0.15, 0.2) is 0 Å². The highest BCUT2D eigenvalue weighted by molar-refractivity contribution is 5.34. The fraction of sp³-hybridized carbons (Fsp3) is 0.600. The summed E-state index contributed by atoms with van der Waals surface area (Å²) in [4.78, 5) is 0. The van der Waals surface area contributed by atoms with E-state index in [1.807, 2.05) is 32.0 Å². The normalized spacial score (nSPS) is 23.8. The molecule has 0 aromatic heterocycles. The summed E-state index contributed by atoms with van der Waals surface area (Å²) in [5, 5.41) is 20.7. The first-order valence-corrected chi connectivity index (χ1v) is 6.58. The molecule has 1 aromatic carbocycles. The Hall–Kier alpha value is -0.860. The molecule has 1 aromatic rings. The van der Waals surface area contributed by atoms with Crippen molar-refractivity contribution in [1.82, 2.24) is 0 Å². The Balaban J connectivity index is 2.12. The van der Waals surface area contributed by atoms with Gasteiger partial charge < -0.3 is 10.2 Å². The third-order valence-corrected chi connectivity index (χ3v) is 4.26. The summed E-state index contributed by atoms with van der Waals surface area (Å²) in [6.07, 6.45) is 2.68.